The molecule has 0 aromatic carbocycles. The minimum absolute atomic E-state index is 0.0381. The van der Waals surface area contributed by atoms with E-state index in [0.717, 1.165) is 6.42 Å². The van der Waals surface area contributed by atoms with Crippen LogP contribution in [0.2, 0.25) is 0 Å². The molecule has 1 atom stereocenters. The summed E-state index contributed by atoms with van der Waals surface area (Å²) in [5.41, 5.74) is 0.397. The second-order valence-electron chi connectivity index (χ2n) is 4.08. The zero-order valence-corrected chi connectivity index (χ0v) is 11.0. The summed E-state index contributed by atoms with van der Waals surface area (Å²) in [7, 11) is 0. The van der Waals surface area contributed by atoms with Gasteiger partial charge in [0, 0.05) is 19.3 Å². The van der Waals surface area contributed by atoms with E-state index in [2.05, 4.69) is 20.6 Å². The Bertz CT molecular complexity index is 450. The van der Waals surface area contributed by atoms with Crippen molar-refractivity contribution < 1.29 is 14.7 Å². The average molecular weight is 266 g/mol. The molecule has 1 amide bonds. The van der Waals surface area contributed by atoms with E-state index in [9.17, 15) is 9.59 Å². The summed E-state index contributed by atoms with van der Waals surface area (Å²) in [6.45, 7) is 4.51. The lowest BCUT2D eigenvalue weighted by atomic mass is 10.2. The predicted molar refractivity (Wildman–Crippen MR) is 68.6 cm³/mol. The molecule has 3 N–H and O–H groups in total. The standard InChI is InChI=1S/C12H18N4O3/c1-3-4-14-11(17)8(2)15-6-10-9(12(18)19)5-13-7-16-10/h5,7-8,15H,3-4,6H2,1-2H3,(H,14,17)(H,18,19). The van der Waals surface area contributed by atoms with Crippen LogP contribution < -0.4 is 10.6 Å². The Balaban J connectivity index is 2.57. The zero-order chi connectivity index (χ0) is 14.3. The van der Waals surface area contributed by atoms with E-state index in [1.54, 1.807) is 6.92 Å². The Labute approximate surface area is 111 Å². The summed E-state index contributed by atoms with van der Waals surface area (Å²) in [5.74, 6) is -1.20. The Morgan fingerprint density at radius 3 is 2.84 bits per heavy atom. The third kappa shape index (κ3) is 4.63. The molecule has 0 aliphatic rings. The molecule has 104 valence electrons. The van der Waals surface area contributed by atoms with Crippen LogP contribution in [0.4, 0.5) is 0 Å². The monoisotopic (exact) mass is 266 g/mol. The van der Waals surface area contributed by atoms with Gasteiger partial charge >= 0.3 is 5.97 Å². The van der Waals surface area contributed by atoms with Gasteiger partial charge in [-0.15, -0.1) is 0 Å². The van der Waals surface area contributed by atoms with Crippen LogP contribution in [0.5, 0.6) is 0 Å². The molecule has 0 spiro atoms. The third-order valence-electron chi connectivity index (χ3n) is 2.54. The SMILES string of the molecule is CCCNC(=O)C(C)NCc1ncncc1C(=O)O. The van der Waals surface area contributed by atoms with Crippen LogP contribution in [0.1, 0.15) is 36.3 Å². The van der Waals surface area contributed by atoms with E-state index in [-0.39, 0.29) is 18.0 Å². The van der Waals surface area contributed by atoms with Crippen molar-refractivity contribution in [2.24, 2.45) is 0 Å². The van der Waals surface area contributed by atoms with Crippen molar-refractivity contribution in [3.63, 3.8) is 0 Å². The van der Waals surface area contributed by atoms with Crippen molar-refractivity contribution in [3.8, 4) is 0 Å². The highest BCUT2D eigenvalue weighted by molar-refractivity contribution is 5.88. The first-order valence-corrected chi connectivity index (χ1v) is 6.09. The number of carbonyl (C=O) groups excluding carboxylic acids is 1. The van der Waals surface area contributed by atoms with Crippen molar-refractivity contribution in [3.05, 3.63) is 23.8 Å². The van der Waals surface area contributed by atoms with Crippen LogP contribution >= 0.6 is 0 Å². The molecule has 0 radical (unpaired) electrons. The summed E-state index contributed by atoms with van der Waals surface area (Å²) in [6, 6.07) is -0.414. The second-order valence-corrected chi connectivity index (χ2v) is 4.08. The van der Waals surface area contributed by atoms with E-state index in [4.69, 9.17) is 5.11 Å². The lowest BCUT2D eigenvalue weighted by molar-refractivity contribution is -0.122. The van der Waals surface area contributed by atoms with Gasteiger partial charge in [-0.2, -0.15) is 0 Å². The molecule has 0 fully saturated rings. The number of carbonyl (C=O) groups is 2. The van der Waals surface area contributed by atoms with E-state index >= 15 is 0 Å². The summed E-state index contributed by atoms with van der Waals surface area (Å²) >= 11 is 0. The van der Waals surface area contributed by atoms with Gasteiger partial charge in [0.05, 0.1) is 11.7 Å². The molecule has 7 heteroatoms. The highest BCUT2D eigenvalue weighted by Crippen LogP contribution is 2.03. The fourth-order valence-electron chi connectivity index (χ4n) is 1.42. The molecule has 1 unspecified atom stereocenters. The van der Waals surface area contributed by atoms with Gasteiger partial charge in [0.25, 0.3) is 0 Å². The van der Waals surface area contributed by atoms with Crippen LogP contribution in [-0.2, 0) is 11.3 Å². The molecule has 0 bridgehead atoms. The zero-order valence-electron chi connectivity index (χ0n) is 11.0. The largest absolute Gasteiger partial charge is 0.478 e. The smallest absolute Gasteiger partial charge is 0.339 e. The first-order chi connectivity index (χ1) is 9.06. The maximum atomic E-state index is 11.6. The summed E-state index contributed by atoms with van der Waals surface area (Å²) < 4.78 is 0. The van der Waals surface area contributed by atoms with Crippen molar-refractivity contribution in [1.29, 1.82) is 0 Å². The van der Waals surface area contributed by atoms with Gasteiger partial charge in [0.15, 0.2) is 0 Å². The van der Waals surface area contributed by atoms with Crippen molar-refractivity contribution in [2.45, 2.75) is 32.9 Å². The molecule has 1 heterocycles. The number of aromatic carboxylic acids is 1. The molecular formula is C12H18N4O3. The van der Waals surface area contributed by atoms with Crippen LogP contribution in [0.25, 0.3) is 0 Å². The molecule has 19 heavy (non-hydrogen) atoms. The Morgan fingerprint density at radius 1 is 1.47 bits per heavy atom. The van der Waals surface area contributed by atoms with Gasteiger partial charge in [-0.3, -0.25) is 4.79 Å². The number of rotatable bonds is 7. The first-order valence-electron chi connectivity index (χ1n) is 6.09. The fourth-order valence-corrected chi connectivity index (χ4v) is 1.42. The van der Waals surface area contributed by atoms with Crippen molar-refractivity contribution in [2.75, 3.05) is 6.54 Å². The van der Waals surface area contributed by atoms with E-state index in [1.807, 2.05) is 6.92 Å². The van der Waals surface area contributed by atoms with Gasteiger partial charge in [0.1, 0.15) is 11.9 Å². The fraction of sp³-hybridized carbons (Fsp3) is 0.500. The number of nitrogens with zero attached hydrogens (tertiary/aromatic N) is 2. The van der Waals surface area contributed by atoms with Crippen molar-refractivity contribution >= 4 is 11.9 Å². The van der Waals surface area contributed by atoms with Crippen LogP contribution in [0.15, 0.2) is 12.5 Å². The summed E-state index contributed by atoms with van der Waals surface area (Å²) in [6.07, 6.45) is 3.40. The van der Waals surface area contributed by atoms with Crippen LogP contribution in [0.3, 0.4) is 0 Å². The normalized spacial score (nSPS) is 11.9. The maximum Gasteiger partial charge on any atom is 0.339 e. The van der Waals surface area contributed by atoms with E-state index in [1.165, 1.54) is 12.5 Å². The second kappa shape index (κ2) is 7.42. The first kappa shape index (κ1) is 15.0. The number of hydrogen-bond acceptors (Lipinski definition) is 5. The molecule has 1 rings (SSSR count). The number of carboxylic acids is 1. The minimum atomic E-state index is -1.08. The molecular weight excluding hydrogens is 248 g/mol. The summed E-state index contributed by atoms with van der Waals surface area (Å²) in [5, 5.41) is 14.7. The Morgan fingerprint density at radius 2 is 2.21 bits per heavy atom. The molecule has 7 nitrogen and oxygen atoms in total. The predicted octanol–water partition coefficient (Wildman–Crippen LogP) is 0.179. The molecule has 1 aromatic rings. The highest BCUT2D eigenvalue weighted by atomic mass is 16.4. The van der Waals surface area contributed by atoms with Gasteiger partial charge in [-0.25, -0.2) is 14.8 Å². The summed E-state index contributed by atoms with van der Waals surface area (Å²) in [4.78, 5) is 30.2. The average Bonchev–Trinajstić information content (AvgIpc) is 2.42. The Kier molecular flexibility index (Phi) is 5.87. The Hall–Kier alpha value is -2.02. The topological polar surface area (TPSA) is 104 Å². The maximum absolute atomic E-state index is 11.6. The van der Waals surface area contributed by atoms with Gasteiger partial charge in [-0.1, -0.05) is 6.92 Å². The molecule has 0 aliphatic heterocycles. The molecule has 1 aromatic heterocycles. The van der Waals surface area contributed by atoms with Gasteiger partial charge < -0.3 is 15.7 Å². The number of hydrogen-bond donors (Lipinski definition) is 3. The van der Waals surface area contributed by atoms with Crippen molar-refractivity contribution in [1.82, 2.24) is 20.6 Å². The lowest BCUT2D eigenvalue weighted by Crippen LogP contribution is -2.42. The van der Waals surface area contributed by atoms with Gasteiger partial charge in [-0.05, 0) is 13.3 Å². The quantitative estimate of drug-likeness (QED) is 0.650. The number of aromatic nitrogens is 2. The molecule has 0 saturated heterocycles. The van der Waals surface area contributed by atoms with Crippen LogP contribution in [0, 0.1) is 0 Å². The molecule has 0 saturated carbocycles. The third-order valence-corrected chi connectivity index (χ3v) is 2.54. The van der Waals surface area contributed by atoms with Gasteiger partial charge in [0.2, 0.25) is 5.91 Å². The molecule has 0 aliphatic carbocycles. The number of amides is 1. The minimum Gasteiger partial charge on any atom is -0.478 e. The van der Waals surface area contributed by atoms with E-state index < -0.39 is 12.0 Å². The van der Waals surface area contributed by atoms with Crippen LogP contribution in [-0.4, -0.2) is 39.5 Å². The highest BCUT2D eigenvalue weighted by Gasteiger charge is 2.15. The lowest BCUT2D eigenvalue weighted by Gasteiger charge is -2.13. The van der Waals surface area contributed by atoms with E-state index in [0.29, 0.717) is 12.2 Å². The number of carboxylic acid groups (broad SMARTS) is 1. The number of nitrogens with one attached hydrogen (secondary N) is 2.